The van der Waals surface area contributed by atoms with Crippen LogP contribution in [-0.4, -0.2) is 9.97 Å². The Hall–Kier alpha value is -16.8. The topological polar surface area (TPSA) is 111 Å². The van der Waals surface area contributed by atoms with Crippen molar-refractivity contribution in [2.24, 2.45) is 35.2 Å². The highest BCUT2D eigenvalue weighted by atomic mass is 16.3. The smallest absolute Gasteiger partial charge is 0.224 e. The third-order valence-corrected chi connectivity index (χ3v) is 30.0. The molecule has 0 aliphatic carbocycles. The molecule has 12 heteroatoms. The number of aromatic nitrogens is 7. The lowest BCUT2D eigenvalue weighted by Crippen LogP contribution is -2.31. The van der Waals surface area contributed by atoms with Gasteiger partial charge in [0.25, 0.3) is 0 Å². The van der Waals surface area contributed by atoms with Crippen LogP contribution in [0.25, 0.3) is 242 Å². The van der Waals surface area contributed by atoms with E-state index in [1.54, 1.807) is 31.2 Å². The lowest BCUT2D eigenvalue weighted by atomic mass is 9.92. The van der Waals surface area contributed by atoms with Gasteiger partial charge in [0.15, 0.2) is 53.3 Å². The summed E-state index contributed by atoms with van der Waals surface area (Å²) in [5, 5.41) is 23.4. The molecule has 0 aliphatic heterocycles. The van der Waals surface area contributed by atoms with Crippen molar-refractivity contribution >= 4 is 185 Å². The van der Waals surface area contributed by atoms with Crippen molar-refractivity contribution in [1.82, 2.24) is 9.97 Å². The van der Waals surface area contributed by atoms with Gasteiger partial charge in [0.2, 0.25) is 28.5 Å². The van der Waals surface area contributed by atoms with Crippen LogP contribution in [0.1, 0.15) is 134 Å². The van der Waals surface area contributed by atoms with Crippen molar-refractivity contribution in [2.75, 3.05) is 0 Å². The first-order valence-electron chi connectivity index (χ1n) is 55.3. The second-order valence-electron chi connectivity index (χ2n) is 39.3. The predicted octanol–water partition coefficient (Wildman–Crippen LogP) is 33.1. The number of hydrogen-bond acceptors (Lipinski definition) is 7. The third kappa shape index (κ3) is 15.4. The molecule has 146 heavy (non-hydrogen) atoms. The van der Waals surface area contributed by atoms with E-state index >= 15 is 0 Å². The summed E-state index contributed by atoms with van der Waals surface area (Å²) in [4.78, 5) is 9.77. The molecule has 0 N–H and O–H groups in total. The average Bonchev–Trinajstić information content (AvgIpc) is 1.67. The minimum absolute atomic E-state index is 0.213. The zero-order chi connectivity index (χ0) is 110. The molecule has 0 radical (unpaired) electrons. The quantitative estimate of drug-likeness (QED) is 0.139. The molecule has 0 saturated heterocycles. The second kappa shape index (κ2) is 36.8. The summed E-state index contributed by atoms with van der Waals surface area (Å²) in [6, 6.07) is 101. The number of pyridine rings is 7. The Morgan fingerprint density at radius 2 is 0.637 bits per heavy atom. The second-order valence-corrected chi connectivity index (χ2v) is 39.3. The van der Waals surface area contributed by atoms with Gasteiger partial charge in [-0.25, -0.2) is 32.8 Å². The summed E-state index contributed by atoms with van der Waals surface area (Å²) in [7, 11) is 10.1. The molecule has 27 rings (SSSR count). The Labute approximate surface area is 864 Å². The van der Waals surface area contributed by atoms with Gasteiger partial charge in [0.1, 0.15) is 79.8 Å². The van der Waals surface area contributed by atoms with Gasteiger partial charge in [-0.2, -0.15) is 0 Å². The van der Waals surface area contributed by atoms with E-state index < -0.39 is 32.3 Å². The normalized spacial score (nSPS) is 13.7. The maximum absolute atomic E-state index is 8.59. The fourth-order valence-electron chi connectivity index (χ4n) is 22.3. The number of hydrogen-bond donors (Lipinski definition) is 0. The average molecular weight is 1920 g/mol. The van der Waals surface area contributed by atoms with E-state index in [9.17, 15) is 0 Å². The Morgan fingerprint density at radius 1 is 0.281 bits per heavy atom. The highest BCUT2D eigenvalue weighted by molar-refractivity contribution is 6.27. The lowest BCUT2D eigenvalue weighted by molar-refractivity contribution is -0.660. The SMILES string of the molecule is CCc1cc[n+](C)c(-c2c(C)c3ccccc3c3c2oc2ccccc23)c1.Cc1c(-c2cccc[n+]2C)c2oc3ccccc3c2c2ccccc12.Cc1cc[n+](C)c(-c2c(C)c3ccccc3c3c2oc2ccccc23)c1.[2H]C([2H])([2H])c1cc2c(oc3c4ccccc4c(C)nc23)c(-c2c3ccc(C([2H])(C)C([2H])([2H])[2H])cc3cc[n+]2C)c1C.[2H]C([2H])([2H])c1cc2c(oc3c4ccccc4c(C)nc23)c(-c2c3ccc(C([2H])(C)C)cc3cc[n+]2C)c1C. The molecule has 0 spiro atoms. The first kappa shape index (κ1) is 80.7. The molecule has 714 valence electrons. The maximum Gasteiger partial charge on any atom is 0.224 e. The van der Waals surface area contributed by atoms with Gasteiger partial charge in [0.05, 0.1) is 38.6 Å². The number of rotatable bonds is 8. The number of aryl methyl sites for hydroxylation is 14. The number of nitrogens with zero attached hydrogens (tertiary/aromatic N) is 7. The zero-order valence-electron chi connectivity index (χ0n) is 96.1. The summed E-state index contributed by atoms with van der Waals surface area (Å²) in [5.74, 6) is -2.53. The molecule has 12 heterocycles. The molecule has 0 amide bonds. The van der Waals surface area contributed by atoms with Gasteiger partial charge in [-0.1, -0.05) is 235 Å². The molecule has 0 aliphatic rings. The monoisotopic (exact) mass is 1920 g/mol. The number of fused-ring (bicyclic) bond motifs is 27. The van der Waals surface area contributed by atoms with Crippen LogP contribution in [0.3, 0.4) is 0 Å². The van der Waals surface area contributed by atoms with E-state index in [2.05, 4.69) is 252 Å². The van der Waals surface area contributed by atoms with Crippen molar-refractivity contribution in [3.05, 3.63) is 401 Å². The van der Waals surface area contributed by atoms with E-state index in [4.69, 9.17) is 47.1 Å². The van der Waals surface area contributed by atoms with Crippen LogP contribution in [-0.2, 0) is 41.7 Å². The molecular formula is C134H118N7O5+5. The van der Waals surface area contributed by atoms with Gasteiger partial charge in [-0.05, 0) is 240 Å². The van der Waals surface area contributed by atoms with E-state index in [-0.39, 0.29) is 11.1 Å². The molecular weight excluding hydrogens is 1790 g/mol. The van der Waals surface area contributed by atoms with Crippen LogP contribution < -0.4 is 22.8 Å². The largest absolute Gasteiger partial charge is 0.455 e. The van der Waals surface area contributed by atoms with Gasteiger partial charge in [-0.3, -0.25) is 0 Å². The first-order chi connectivity index (χ1) is 75.1. The molecule has 0 saturated carbocycles. The fraction of sp³-hybridized carbons (Fsp3) is 0.172. The summed E-state index contributed by atoms with van der Waals surface area (Å²) in [6.07, 6.45) is 11.2. The molecule has 12 aromatic heterocycles. The highest BCUT2D eigenvalue weighted by Crippen LogP contribution is 2.50. The van der Waals surface area contributed by atoms with Crippen molar-refractivity contribution in [1.29, 1.82) is 0 Å². The van der Waals surface area contributed by atoms with Gasteiger partial charge >= 0.3 is 0 Å². The first-order valence-corrected chi connectivity index (χ1v) is 49.8. The van der Waals surface area contributed by atoms with Crippen molar-refractivity contribution in [3.8, 4) is 56.3 Å². The van der Waals surface area contributed by atoms with Crippen molar-refractivity contribution in [2.45, 2.75) is 122 Å². The Balaban J connectivity index is 0.000000108. The zero-order valence-corrected chi connectivity index (χ0v) is 85.1. The Morgan fingerprint density at radius 3 is 1.04 bits per heavy atom. The number of furan rings is 5. The molecule has 12 nitrogen and oxygen atoms in total. The van der Waals surface area contributed by atoms with Gasteiger partial charge in [-0.15, -0.1) is 0 Å². The Bertz CT molecular complexity index is 10600. The molecule has 0 fully saturated rings. The number of benzene rings is 15. The maximum atomic E-state index is 8.59. The summed E-state index contributed by atoms with van der Waals surface area (Å²) >= 11 is 0. The van der Waals surface area contributed by atoms with Gasteiger partial charge < -0.3 is 22.1 Å². The highest BCUT2D eigenvalue weighted by Gasteiger charge is 2.33. The lowest BCUT2D eigenvalue weighted by Gasteiger charge is -2.12. The minimum atomic E-state index is -2.51. The summed E-state index contributed by atoms with van der Waals surface area (Å²) < 4.78 is 134. The minimum Gasteiger partial charge on any atom is -0.455 e. The van der Waals surface area contributed by atoms with Crippen LogP contribution in [0.5, 0.6) is 0 Å². The molecule has 1 atom stereocenters. The summed E-state index contributed by atoms with van der Waals surface area (Å²) in [5.41, 5.74) is 30.6. The van der Waals surface area contributed by atoms with Crippen LogP contribution in [0.2, 0.25) is 0 Å². The van der Waals surface area contributed by atoms with Crippen LogP contribution in [0, 0.1) is 69.1 Å². The van der Waals surface area contributed by atoms with Crippen LogP contribution >= 0.6 is 0 Å². The molecule has 1 unspecified atom stereocenters. The van der Waals surface area contributed by atoms with E-state index in [0.717, 1.165) is 123 Å². The molecule has 0 bridgehead atoms. The number of para-hydroxylation sites is 3. The standard InChI is InChI=1S/2C31H29N2O.C25H22NO.C24H20NO.C23H18NO/c2*1-17(2)21-11-12-24-22(16-21)13-14-33(6)29(24)27-19(4)18(3)15-26-28-31(34-30(26)27)25-10-8-7-9-23(25)20(5)32-28;1-4-17-13-14-26(3)21(15-17)23-16(2)18-9-5-6-10-19(18)24-20-11-7-8-12-22(20)27-25(23)24;1-15-12-13-25(3)20(14-15)22-16(2)17-8-4-5-9-18(17)23-19-10-6-7-11-21(19)26-24(22)23;1-15-16-9-3-4-10-17(16)22-18-11-5-6-13-20(18)25-23(22)21(15)19-12-7-8-14-24(19)2/h2*7-17H,1-6H3;5-15H,4H2,1-3H3;4-14H,1-3H3;3-14H,1-2H3/q5*+1/i1D3,3D3,17D;3D3,17D;;;. The van der Waals surface area contributed by atoms with Crippen LogP contribution in [0.4, 0.5) is 0 Å². The molecule has 15 aromatic carbocycles. The van der Waals surface area contributed by atoms with Gasteiger partial charge in [0, 0.05) is 140 Å². The molecule has 27 aromatic rings. The van der Waals surface area contributed by atoms with E-state index in [1.807, 2.05) is 179 Å². The summed E-state index contributed by atoms with van der Waals surface area (Å²) in [6.45, 7) is 16.4. The predicted molar refractivity (Wildman–Crippen MR) is 605 cm³/mol. The third-order valence-electron chi connectivity index (χ3n) is 30.0. The van der Waals surface area contributed by atoms with E-state index in [0.29, 0.717) is 66.4 Å². The van der Waals surface area contributed by atoms with Crippen molar-refractivity contribution < 1.29 is 60.0 Å². The van der Waals surface area contributed by atoms with Crippen molar-refractivity contribution in [3.63, 3.8) is 0 Å². The fourth-order valence-corrected chi connectivity index (χ4v) is 22.3. The van der Waals surface area contributed by atoms with E-state index in [1.165, 1.54) is 127 Å². The van der Waals surface area contributed by atoms with Crippen LogP contribution in [0.15, 0.2) is 350 Å². The Kier molecular flexibility index (Phi) is 20.4.